The van der Waals surface area contributed by atoms with E-state index in [1.807, 2.05) is 0 Å². The zero-order chi connectivity index (χ0) is 19.8. The summed E-state index contributed by atoms with van der Waals surface area (Å²) in [6.45, 7) is 5.26. The molecule has 28 heavy (non-hydrogen) atoms. The maximum absolute atomic E-state index is 10.8. The number of hydrogen-bond donors (Lipinski definition) is 2. The van der Waals surface area contributed by atoms with Gasteiger partial charge in [-0.25, -0.2) is 0 Å². The number of aryl methyl sites for hydroxylation is 2. The molecule has 0 aliphatic rings. The smallest absolute Gasteiger partial charge is 0.0891 e. The van der Waals surface area contributed by atoms with Crippen LogP contribution >= 0.6 is 45.2 Å². The maximum atomic E-state index is 10.8. The van der Waals surface area contributed by atoms with E-state index >= 15 is 0 Å². The van der Waals surface area contributed by atoms with Gasteiger partial charge in [-0.15, -0.1) is 0 Å². The van der Waals surface area contributed by atoms with Gasteiger partial charge >= 0.3 is 0 Å². The summed E-state index contributed by atoms with van der Waals surface area (Å²) in [4.78, 5) is 0. The Hall–Kier alpha value is -1.32. The molecule has 3 aromatic carbocycles. The quantitative estimate of drug-likeness (QED) is 0.274. The van der Waals surface area contributed by atoms with E-state index in [9.17, 15) is 5.11 Å². The Balaban J connectivity index is 1.63. The van der Waals surface area contributed by atoms with Gasteiger partial charge < -0.3 is 15.0 Å². The Labute approximate surface area is 192 Å². The highest BCUT2D eigenvalue weighted by Gasteiger charge is 2.15. The fourth-order valence-electron chi connectivity index (χ4n) is 3.76. The molecule has 2 N–H and O–H groups in total. The van der Waals surface area contributed by atoms with E-state index < -0.39 is 6.10 Å². The summed E-state index contributed by atoms with van der Waals surface area (Å²) in [5.74, 6) is 0. The summed E-state index contributed by atoms with van der Waals surface area (Å²) in [5.41, 5.74) is 5.87. The van der Waals surface area contributed by atoms with Gasteiger partial charge in [-0.2, -0.15) is 0 Å². The van der Waals surface area contributed by atoms with Gasteiger partial charge in [0.15, 0.2) is 0 Å². The van der Waals surface area contributed by atoms with Crippen molar-refractivity contribution in [3.63, 3.8) is 0 Å². The van der Waals surface area contributed by atoms with E-state index in [-0.39, 0.29) is 0 Å². The number of benzene rings is 3. The minimum atomic E-state index is -0.488. The normalized spacial score (nSPS) is 12.6. The number of nitrogens with one attached hydrogen (secondary N) is 1. The largest absolute Gasteiger partial charge is 0.389 e. The van der Waals surface area contributed by atoms with Crippen LogP contribution in [0.3, 0.4) is 0 Å². The SMILES string of the molecule is Cc1ccc(NC[C@H](O)Cn2c3ccc(I)cc3c3cc(I)ccc32)c(C)c1. The van der Waals surface area contributed by atoms with Gasteiger partial charge in [0.05, 0.1) is 12.6 Å². The second-order valence-electron chi connectivity index (χ2n) is 7.29. The van der Waals surface area contributed by atoms with Crippen molar-refractivity contribution in [2.45, 2.75) is 26.5 Å². The fraction of sp³-hybridized carbons (Fsp3) is 0.217. The molecule has 1 aromatic heterocycles. The molecule has 0 saturated carbocycles. The monoisotopic (exact) mass is 596 g/mol. The molecular weight excluding hydrogens is 574 g/mol. The Bertz CT molecular complexity index is 1110. The van der Waals surface area contributed by atoms with E-state index in [0.717, 1.165) is 5.69 Å². The van der Waals surface area contributed by atoms with E-state index in [1.165, 1.54) is 40.1 Å². The summed E-state index contributed by atoms with van der Waals surface area (Å²) in [6, 6.07) is 19.4. The second-order valence-corrected chi connectivity index (χ2v) is 9.78. The number of hydrogen-bond acceptors (Lipinski definition) is 2. The van der Waals surface area contributed by atoms with Crippen LogP contribution in [0.2, 0.25) is 0 Å². The lowest BCUT2D eigenvalue weighted by atomic mass is 10.1. The lowest BCUT2D eigenvalue weighted by Gasteiger charge is -2.17. The van der Waals surface area contributed by atoms with E-state index in [1.54, 1.807) is 0 Å². The molecule has 0 radical (unpaired) electrons. The molecule has 0 saturated heterocycles. The van der Waals surface area contributed by atoms with Gasteiger partial charge in [-0.3, -0.25) is 0 Å². The molecule has 4 aromatic rings. The summed E-state index contributed by atoms with van der Waals surface area (Å²) in [5, 5.41) is 16.7. The molecular formula is C23H22I2N2O. The van der Waals surface area contributed by atoms with Crippen LogP contribution in [0.4, 0.5) is 5.69 Å². The number of aliphatic hydroxyl groups is 1. The van der Waals surface area contributed by atoms with E-state index in [4.69, 9.17) is 0 Å². The van der Waals surface area contributed by atoms with Crippen molar-refractivity contribution in [2.24, 2.45) is 0 Å². The van der Waals surface area contributed by atoms with Crippen molar-refractivity contribution in [2.75, 3.05) is 11.9 Å². The zero-order valence-corrected chi connectivity index (χ0v) is 20.2. The van der Waals surface area contributed by atoms with Crippen LogP contribution in [-0.2, 0) is 6.54 Å². The lowest BCUT2D eigenvalue weighted by Crippen LogP contribution is -2.25. The number of halogens is 2. The summed E-state index contributed by atoms with van der Waals surface area (Å²) < 4.78 is 4.69. The standard InChI is InChI=1S/C23H22I2N2O/c1-14-3-6-21(15(2)9-14)26-12-18(28)13-27-22-7-4-16(24)10-19(22)20-11-17(25)5-8-23(20)27/h3-11,18,26,28H,12-13H2,1-2H3/t18-/m0/s1. The third-order valence-corrected chi connectivity index (χ3v) is 6.43. The van der Waals surface area contributed by atoms with E-state index in [2.05, 4.69) is 124 Å². The average Bonchev–Trinajstić information content (AvgIpc) is 2.93. The Kier molecular flexibility index (Phi) is 5.85. The molecule has 1 heterocycles. The van der Waals surface area contributed by atoms with Crippen molar-refractivity contribution < 1.29 is 5.11 Å². The predicted molar refractivity (Wildman–Crippen MR) is 135 cm³/mol. The number of nitrogens with zero attached hydrogens (tertiary/aromatic N) is 1. The van der Waals surface area contributed by atoms with Gasteiger partial charge in [0.2, 0.25) is 0 Å². The topological polar surface area (TPSA) is 37.2 Å². The first-order chi connectivity index (χ1) is 13.4. The molecule has 144 valence electrons. The lowest BCUT2D eigenvalue weighted by molar-refractivity contribution is 0.169. The molecule has 3 nitrogen and oxygen atoms in total. The highest BCUT2D eigenvalue weighted by molar-refractivity contribution is 14.1. The molecule has 0 amide bonds. The molecule has 5 heteroatoms. The second kappa shape index (κ2) is 8.20. The van der Waals surface area contributed by atoms with Crippen LogP contribution in [0.15, 0.2) is 54.6 Å². The van der Waals surface area contributed by atoms with Crippen molar-refractivity contribution in [3.05, 3.63) is 72.9 Å². The molecule has 0 unspecified atom stereocenters. The molecule has 0 fully saturated rings. The Morgan fingerprint density at radius 2 is 1.50 bits per heavy atom. The number of anilines is 1. The van der Waals surface area contributed by atoms with Crippen LogP contribution < -0.4 is 5.32 Å². The molecule has 4 rings (SSSR count). The van der Waals surface area contributed by atoms with Gasteiger partial charge in [-0.05, 0) is 107 Å². The highest BCUT2D eigenvalue weighted by Crippen LogP contribution is 2.31. The predicted octanol–water partition coefficient (Wildman–Crippen LogP) is 6.09. The highest BCUT2D eigenvalue weighted by atomic mass is 127. The molecule has 0 spiro atoms. The minimum Gasteiger partial charge on any atom is -0.389 e. The van der Waals surface area contributed by atoms with Crippen molar-refractivity contribution in [3.8, 4) is 0 Å². The van der Waals surface area contributed by atoms with Gasteiger partial charge in [0, 0.05) is 41.2 Å². The van der Waals surface area contributed by atoms with Gasteiger partial charge in [-0.1, -0.05) is 17.7 Å². The minimum absolute atomic E-state index is 0.488. The Morgan fingerprint density at radius 3 is 2.07 bits per heavy atom. The summed E-state index contributed by atoms with van der Waals surface area (Å²) in [6.07, 6.45) is -0.488. The first kappa shape index (κ1) is 20.0. The van der Waals surface area contributed by atoms with Gasteiger partial charge in [0.25, 0.3) is 0 Å². The molecule has 0 bridgehead atoms. The van der Waals surface area contributed by atoms with Crippen LogP contribution in [0.1, 0.15) is 11.1 Å². The number of aromatic nitrogens is 1. The Morgan fingerprint density at radius 1 is 0.893 bits per heavy atom. The third kappa shape index (κ3) is 4.02. The van der Waals surface area contributed by atoms with Crippen molar-refractivity contribution >= 4 is 72.7 Å². The van der Waals surface area contributed by atoms with Crippen LogP contribution in [-0.4, -0.2) is 22.3 Å². The van der Waals surface area contributed by atoms with Crippen molar-refractivity contribution in [1.82, 2.24) is 4.57 Å². The number of fused-ring (bicyclic) bond motifs is 3. The average molecular weight is 596 g/mol. The fourth-order valence-corrected chi connectivity index (χ4v) is 4.74. The first-order valence-electron chi connectivity index (χ1n) is 9.28. The van der Waals surface area contributed by atoms with Crippen LogP contribution in [0, 0.1) is 21.0 Å². The molecule has 0 aliphatic heterocycles. The third-order valence-electron chi connectivity index (χ3n) is 5.09. The molecule has 1 atom stereocenters. The summed E-state index contributed by atoms with van der Waals surface area (Å²) in [7, 11) is 0. The molecule has 0 aliphatic carbocycles. The number of aliphatic hydroxyl groups excluding tert-OH is 1. The van der Waals surface area contributed by atoms with Crippen molar-refractivity contribution in [1.29, 1.82) is 0 Å². The number of rotatable bonds is 5. The first-order valence-corrected chi connectivity index (χ1v) is 11.4. The maximum Gasteiger partial charge on any atom is 0.0891 e. The van der Waals surface area contributed by atoms with Gasteiger partial charge in [0.1, 0.15) is 0 Å². The zero-order valence-electron chi connectivity index (χ0n) is 15.8. The van der Waals surface area contributed by atoms with E-state index in [0.29, 0.717) is 13.1 Å². The summed E-state index contributed by atoms with van der Waals surface area (Å²) >= 11 is 4.72. The van der Waals surface area contributed by atoms with Crippen LogP contribution in [0.5, 0.6) is 0 Å². The van der Waals surface area contributed by atoms with Crippen LogP contribution in [0.25, 0.3) is 21.8 Å².